The molecule has 0 aromatic carbocycles. The van der Waals surface area contributed by atoms with E-state index in [1.165, 1.54) is 0 Å². The summed E-state index contributed by atoms with van der Waals surface area (Å²) >= 11 is 1.77. The first-order valence-electron chi connectivity index (χ1n) is 4.38. The van der Waals surface area contributed by atoms with Gasteiger partial charge in [0.05, 0.1) is 0 Å². The molecule has 0 amide bonds. The molecule has 0 spiro atoms. The number of hydrogen-bond donors (Lipinski definition) is 1. The molecule has 0 aliphatic heterocycles. The smallest absolute Gasteiger partial charge is 0.356 e. The molecule has 78 valence electrons. The first-order valence-corrected chi connectivity index (χ1v) is 5.43. The summed E-state index contributed by atoms with van der Waals surface area (Å²) in [5.74, 6) is -0.171. The maximum absolute atomic E-state index is 10.6. The van der Waals surface area contributed by atoms with Crippen molar-refractivity contribution < 1.29 is 9.90 Å². The summed E-state index contributed by atoms with van der Waals surface area (Å²) in [6.45, 7) is 4.22. The van der Waals surface area contributed by atoms with Crippen LogP contribution in [0.3, 0.4) is 0 Å². The molecular weight excluding hydrogens is 200 g/mol. The molecule has 4 nitrogen and oxygen atoms in total. The molecular formula is C9H14N2O2S. The SMILES string of the molecule is CC(C)SCc1cc(C(=O)O)nn1C. The average molecular weight is 214 g/mol. The summed E-state index contributed by atoms with van der Waals surface area (Å²) in [5.41, 5.74) is 1.06. The Hall–Kier alpha value is -0.970. The number of nitrogens with zero attached hydrogens (tertiary/aromatic N) is 2. The number of aromatic carboxylic acids is 1. The quantitative estimate of drug-likeness (QED) is 0.829. The van der Waals surface area contributed by atoms with Crippen LogP contribution in [0.15, 0.2) is 6.07 Å². The second-order valence-corrected chi connectivity index (χ2v) is 4.87. The minimum atomic E-state index is -0.971. The van der Waals surface area contributed by atoms with Gasteiger partial charge in [0.15, 0.2) is 5.69 Å². The Bertz CT molecular complexity index is 334. The third-order valence-electron chi connectivity index (χ3n) is 1.76. The Kier molecular flexibility index (Phi) is 3.57. The second-order valence-electron chi connectivity index (χ2n) is 3.31. The maximum atomic E-state index is 10.6. The Morgan fingerprint density at radius 1 is 1.71 bits per heavy atom. The van der Waals surface area contributed by atoms with Gasteiger partial charge in [-0.1, -0.05) is 13.8 Å². The number of carboxylic acid groups (broad SMARTS) is 1. The zero-order chi connectivity index (χ0) is 10.7. The Morgan fingerprint density at radius 2 is 2.36 bits per heavy atom. The van der Waals surface area contributed by atoms with Gasteiger partial charge in [-0.05, 0) is 11.3 Å². The minimum Gasteiger partial charge on any atom is -0.476 e. The van der Waals surface area contributed by atoms with Gasteiger partial charge in [0, 0.05) is 18.5 Å². The van der Waals surface area contributed by atoms with Crippen LogP contribution in [0.1, 0.15) is 30.0 Å². The molecule has 1 N–H and O–H groups in total. The van der Waals surface area contributed by atoms with E-state index >= 15 is 0 Å². The molecule has 1 aromatic heterocycles. The number of aryl methyl sites for hydroxylation is 1. The molecule has 0 fully saturated rings. The normalized spacial score (nSPS) is 10.9. The van der Waals surface area contributed by atoms with E-state index in [4.69, 9.17) is 5.11 Å². The van der Waals surface area contributed by atoms with Crippen LogP contribution < -0.4 is 0 Å². The Morgan fingerprint density at radius 3 is 2.79 bits per heavy atom. The molecule has 1 aromatic rings. The van der Waals surface area contributed by atoms with Gasteiger partial charge in [-0.3, -0.25) is 4.68 Å². The van der Waals surface area contributed by atoms with Crippen molar-refractivity contribution in [3.63, 3.8) is 0 Å². The highest BCUT2D eigenvalue weighted by atomic mass is 32.2. The molecule has 0 aliphatic carbocycles. The summed E-state index contributed by atoms with van der Waals surface area (Å²) in [6.07, 6.45) is 0. The van der Waals surface area contributed by atoms with Crippen molar-refractivity contribution in [2.75, 3.05) is 0 Å². The van der Waals surface area contributed by atoms with Crippen molar-refractivity contribution >= 4 is 17.7 Å². The van der Waals surface area contributed by atoms with Crippen LogP contribution in [0.2, 0.25) is 0 Å². The van der Waals surface area contributed by atoms with Gasteiger partial charge in [0.25, 0.3) is 0 Å². The fraction of sp³-hybridized carbons (Fsp3) is 0.556. The van der Waals surface area contributed by atoms with Crippen LogP contribution in [-0.4, -0.2) is 26.1 Å². The highest BCUT2D eigenvalue weighted by molar-refractivity contribution is 7.99. The van der Waals surface area contributed by atoms with Crippen LogP contribution >= 0.6 is 11.8 Å². The van der Waals surface area contributed by atoms with E-state index in [2.05, 4.69) is 18.9 Å². The second kappa shape index (κ2) is 4.50. The molecule has 1 rings (SSSR count). The topological polar surface area (TPSA) is 55.1 Å². The Labute approximate surface area is 87.3 Å². The molecule has 0 saturated heterocycles. The summed E-state index contributed by atoms with van der Waals surface area (Å²) < 4.78 is 1.62. The number of carboxylic acids is 1. The van der Waals surface area contributed by atoms with Crippen molar-refractivity contribution in [2.45, 2.75) is 24.9 Å². The predicted molar refractivity (Wildman–Crippen MR) is 56.6 cm³/mol. The highest BCUT2D eigenvalue weighted by Crippen LogP contribution is 2.17. The monoisotopic (exact) mass is 214 g/mol. The van der Waals surface area contributed by atoms with E-state index in [-0.39, 0.29) is 5.69 Å². The van der Waals surface area contributed by atoms with E-state index in [1.807, 2.05) is 0 Å². The van der Waals surface area contributed by atoms with E-state index in [0.29, 0.717) is 5.25 Å². The van der Waals surface area contributed by atoms with E-state index in [9.17, 15) is 4.79 Å². The molecule has 1 heterocycles. The third kappa shape index (κ3) is 2.77. The predicted octanol–water partition coefficient (Wildman–Crippen LogP) is 1.76. The van der Waals surface area contributed by atoms with Crippen LogP contribution in [0.4, 0.5) is 0 Å². The largest absolute Gasteiger partial charge is 0.476 e. The van der Waals surface area contributed by atoms with Gasteiger partial charge in [0.1, 0.15) is 0 Å². The van der Waals surface area contributed by atoms with Gasteiger partial charge < -0.3 is 5.11 Å². The summed E-state index contributed by atoms with van der Waals surface area (Å²) in [5, 5.41) is 13.1. The lowest BCUT2D eigenvalue weighted by Gasteiger charge is -2.03. The fourth-order valence-corrected chi connectivity index (χ4v) is 1.77. The standard InChI is InChI=1S/C9H14N2O2S/c1-6(2)14-5-7-4-8(9(12)13)10-11(7)3/h4,6H,5H2,1-3H3,(H,12,13). The van der Waals surface area contributed by atoms with Crippen molar-refractivity contribution in [2.24, 2.45) is 7.05 Å². The minimum absolute atomic E-state index is 0.117. The number of carbonyl (C=O) groups is 1. The molecule has 0 saturated carbocycles. The first kappa shape index (κ1) is 11.1. The van der Waals surface area contributed by atoms with Gasteiger partial charge in [-0.25, -0.2) is 4.79 Å². The zero-order valence-electron chi connectivity index (χ0n) is 8.52. The van der Waals surface area contributed by atoms with Gasteiger partial charge in [-0.2, -0.15) is 16.9 Å². The van der Waals surface area contributed by atoms with E-state index < -0.39 is 5.97 Å². The van der Waals surface area contributed by atoms with E-state index in [0.717, 1.165) is 11.4 Å². The molecule has 14 heavy (non-hydrogen) atoms. The number of hydrogen-bond acceptors (Lipinski definition) is 3. The number of thioether (sulfide) groups is 1. The molecule has 0 radical (unpaired) electrons. The molecule has 0 atom stereocenters. The Balaban J connectivity index is 2.72. The average Bonchev–Trinajstić information content (AvgIpc) is 2.43. The van der Waals surface area contributed by atoms with E-state index in [1.54, 1.807) is 29.6 Å². The fourth-order valence-electron chi connectivity index (χ4n) is 0.998. The molecule has 0 bridgehead atoms. The molecule has 5 heteroatoms. The highest BCUT2D eigenvalue weighted by Gasteiger charge is 2.11. The summed E-state index contributed by atoms with van der Waals surface area (Å²) in [7, 11) is 1.77. The van der Waals surface area contributed by atoms with Gasteiger partial charge >= 0.3 is 5.97 Å². The van der Waals surface area contributed by atoms with Crippen molar-refractivity contribution in [1.29, 1.82) is 0 Å². The van der Waals surface area contributed by atoms with Crippen LogP contribution in [-0.2, 0) is 12.8 Å². The number of aromatic nitrogens is 2. The van der Waals surface area contributed by atoms with Crippen molar-refractivity contribution in [1.82, 2.24) is 9.78 Å². The maximum Gasteiger partial charge on any atom is 0.356 e. The number of rotatable bonds is 4. The van der Waals surface area contributed by atoms with Crippen LogP contribution in [0.25, 0.3) is 0 Å². The van der Waals surface area contributed by atoms with Gasteiger partial charge in [0.2, 0.25) is 0 Å². The summed E-state index contributed by atoms with van der Waals surface area (Å²) in [6, 6.07) is 1.62. The molecule has 0 unspecified atom stereocenters. The van der Waals surface area contributed by atoms with Crippen LogP contribution in [0.5, 0.6) is 0 Å². The van der Waals surface area contributed by atoms with Gasteiger partial charge in [-0.15, -0.1) is 0 Å². The zero-order valence-corrected chi connectivity index (χ0v) is 9.34. The van der Waals surface area contributed by atoms with Crippen molar-refractivity contribution in [3.8, 4) is 0 Å². The van der Waals surface area contributed by atoms with Crippen LogP contribution in [0, 0.1) is 0 Å². The lowest BCUT2D eigenvalue weighted by Crippen LogP contribution is -2.00. The lowest BCUT2D eigenvalue weighted by molar-refractivity contribution is 0.0689. The van der Waals surface area contributed by atoms with Crippen molar-refractivity contribution in [3.05, 3.63) is 17.5 Å². The summed E-state index contributed by atoms with van der Waals surface area (Å²) in [4.78, 5) is 10.6. The first-order chi connectivity index (χ1) is 6.50. The molecule has 0 aliphatic rings. The third-order valence-corrected chi connectivity index (χ3v) is 2.89. The lowest BCUT2D eigenvalue weighted by atomic mass is 10.4.